The van der Waals surface area contributed by atoms with E-state index in [-0.39, 0.29) is 12.1 Å². The Morgan fingerprint density at radius 2 is 2.12 bits per heavy atom. The SMILES string of the molecule is CC(C)(C)OC(=O)N1CC2CC1C(C)(O)C2. The van der Waals surface area contributed by atoms with E-state index in [4.69, 9.17) is 4.74 Å². The van der Waals surface area contributed by atoms with Crippen LogP contribution in [0.5, 0.6) is 0 Å². The van der Waals surface area contributed by atoms with Gasteiger partial charge in [0, 0.05) is 6.54 Å². The molecule has 1 N–H and O–H groups in total. The summed E-state index contributed by atoms with van der Waals surface area (Å²) in [5.41, 5.74) is -1.20. The second-order valence-electron chi connectivity index (χ2n) is 6.31. The minimum Gasteiger partial charge on any atom is -0.444 e. The maximum absolute atomic E-state index is 11.9. The Morgan fingerprint density at radius 1 is 1.50 bits per heavy atom. The molecule has 3 unspecified atom stereocenters. The molecule has 1 aliphatic carbocycles. The molecule has 2 rings (SSSR count). The third-order valence-electron chi connectivity index (χ3n) is 3.44. The first-order chi connectivity index (χ1) is 7.19. The molecular weight excluding hydrogens is 206 g/mol. The van der Waals surface area contributed by atoms with E-state index in [9.17, 15) is 9.90 Å². The summed E-state index contributed by atoms with van der Waals surface area (Å²) in [6.07, 6.45) is 1.42. The van der Waals surface area contributed by atoms with Crippen LogP contribution in [0.25, 0.3) is 0 Å². The molecule has 1 saturated carbocycles. The number of aliphatic hydroxyl groups is 1. The second-order valence-corrected chi connectivity index (χ2v) is 6.31. The molecule has 4 nitrogen and oxygen atoms in total. The summed E-state index contributed by atoms with van der Waals surface area (Å²) in [5, 5.41) is 10.2. The van der Waals surface area contributed by atoms with Crippen molar-refractivity contribution in [1.29, 1.82) is 0 Å². The third kappa shape index (κ3) is 2.03. The molecule has 0 radical (unpaired) electrons. The molecule has 0 aromatic rings. The number of carbonyl (C=O) groups excluding carboxylic acids is 1. The highest BCUT2D eigenvalue weighted by atomic mass is 16.6. The minimum absolute atomic E-state index is 0.0626. The first-order valence-corrected chi connectivity index (χ1v) is 5.91. The van der Waals surface area contributed by atoms with E-state index in [0.29, 0.717) is 5.92 Å². The molecule has 0 aromatic heterocycles. The number of amides is 1. The van der Waals surface area contributed by atoms with E-state index < -0.39 is 11.2 Å². The van der Waals surface area contributed by atoms with Crippen LogP contribution < -0.4 is 0 Å². The summed E-state index contributed by atoms with van der Waals surface area (Å²) in [6.45, 7) is 8.12. The highest BCUT2D eigenvalue weighted by Gasteiger charge is 2.53. The lowest BCUT2D eigenvalue weighted by molar-refractivity contribution is -0.0425. The van der Waals surface area contributed by atoms with Crippen molar-refractivity contribution in [2.24, 2.45) is 5.92 Å². The number of hydrogen-bond donors (Lipinski definition) is 1. The van der Waals surface area contributed by atoms with Gasteiger partial charge < -0.3 is 14.7 Å². The van der Waals surface area contributed by atoms with Gasteiger partial charge in [-0.2, -0.15) is 0 Å². The van der Waals surface area contributed by atoms with Gasteiger partial charge in [0.25, 0.3) is 0 Å². The molecule has 0 aromatic carbocycles. The number of piperidine rings is 1. The lowest BCUT2D eigenvalue weighted by atomic mass is 9.95. The van der Waals surface area contributed by atoms with E-state index in [1.165, 1.54) is 0 Å². The van der Waals surface area contributed by atoms with Crippen molar-refractivity contribution in [3.63, 3.8) is 0 Å². The van der Waals surface area contributed by atoms with Gasteiger partial charge >= 0.3 is 6.09 Å². The normalized spacial score (nSPS) is 37.9. The molecule has 1 aliphatic heterocycles. The van der Waals surface area contributed by atoms with Crippen molar-refractivity contribution in [2.45, 2.75) is 57.8 Å². The minimum atomic E-state index is -0.736. The van der Waals surface area contributed by atoms with Crippen LogP contribution in [0.2, 0.25) is 0 Å². The fraction of sp³-hybridized carbons (Fsp3) is 0.917. The Hall–Kier alpha value is -0.770. The molecular formula is C12H21NO3. The zero-order chi connectivity index (χ0) is 12.1. The second kappa shape index (κ2) is 3.36. The number of fused-ring (bicyclic) bond motifs is 2. The monoisotopic (exact) mass is 227 g/mol. The van der Waals surface area contributed by atoms with Crippen LogP contribution in [0.3, 0.4) is 0 Å². The number of hydrogen-bond acceptors (Lipinski definition) is 3. The predicted octanol–water partition coefficient (Wildman–Crippen LogP) is 1.77. The Bertz CT molecular complexity index is 306. The number of ether oxygens (including phenoxy) is 1. The topological polar surface area (TPSA) is 49.8 Å². The molecule has 2 fully saturated rings. The van der Waals surface area contributed by atoms with Crippen LogP contribution in [0, 0.1) is 5.92 Å². The van der Waals surface area contributed by atoms with Crippen molar-refractivity contribution in [2.75, 3.05) is 6.54 Å². The average Bonchev–Trinajstić information content (AvgIpc) is 2.54. The summed E-state index contributed by atoms with van der Waals surface area (Å²) in [4.78, 5) is 13.6. The van der Waals surface area contributed by atoms with Crippen LogP contribution >= 0.6 is 0 Å². The van der Waals surface area contributed by atoms with E-state index in [1.54, 1.807) is 4.90 Å². The molecule has 92 valence electrons. The Balaban J connectivity index is 2.05. The molecule has 4 heteroatoms. The summed E-state index contributed by atoms with van der Waals surface area (Å²) < 4.78 is 5.34. The molecule has 3 atom stereocenters. The van der Waals surface area contributed by atoms with Crippen molar-refractivity contribution < 1.29 is 14.6 Å². The number of nitrogens with zero attached hydrogens (tertiary/aromatic N) is 1. The number of carbonyl (C=O) groups is 1. The fourth-order valence-corrected chi connectivity index (χ4v) is 2.90. The zero-order valence-electron chi connectivity index (χ0n) is 10.5. The van der Waals surface area contributed by atoms with E-state index in [0.717, 1.165) is 19.4 Å². The van der Waals surface area contributed by atoms with Crippen molar-refractivity contribution in [3.05, 3.63) is 0 Å². The maximum Gasteiger partial charge on any atom is 0.410 e. The summed E-state index contributed by atoms with van der Waals surface area (Å²) in [7, 11) is 0. The maximum atomic E-state index is 11.9. The van der Waals surface area contributed by atoms with Crippen LogP contribution in [0.15, 0.2) is 0 Å². The van der Waals surface area contributed by atoms with Gasteiger partial charge in [0.05, 0.1) is 11.6 Å². The van der Waals surface area contributed by atoms with Crippen molar-refractivity contribution in [3.8, 4) is 0 Å². The van der Waals surface area contributed by atoms with Crippen molar-refractivity contribution in [1.82, 2.24) is 4.90 Å². The van der Waals surface area contributed by atoms with Crippen LogP contribution in [0.4, 0.5) is 4.79 Å². The quantitative estimate of drug-likeness (QED) is 0.686. The highest BCUT2D eigenvalue weighted by molar-refractivity contribution is 5.69. The lowest BCUT2D eigenvalue weighted by Crippen LogP contribution is -2.52. The molecule has 1 amide bonds. The molecule has 2 aliphatic rings. The Kier molecular flexibility index (Phi) is 2.46. The third-order valence-corrected chi connectivity index (χ3v) is 3.44. The number of likely N-dealkylation sites (tertiary alicyclic amines) is 1. The van der Waals surface area contributed by atoms with Gasteiger partial charge in [-0.3, -0.25) is 0 Å². The summed E-state index contributed by atoms with van der Waals surface area (Å²) in [6, 6.07) is -0.0626. The fourth-order valence-electron chi connectivity index (χ4n) is 2.90. The van der Waals surface area contributed by atoms with Gasteiger partial charge in [0.1, 0.15) is 5.60 Å². The smallest absolute Gasteiger partial charge is 0.410 e. The first-order valence-electron chi connectivity index (χ1n) is 5.91. The van der Waals surface area contributed by atoms with Gasteiger partial charge in [0.2, 0.25) is 0 Å². The standard InChI is InChI=1S/C12H21NO3/c1-11(2,3)16-10(14)13-7-8-5-9(13)12(4,15)6-8/h8-9,15H,5-7H2,1-4H3. The van der Waals surface area contributed by atoms with Gasteiger partial charge in [-0.1, -0.05) is 0 Å². The van der Waals surface area contributed by atoms with Gasteiger partial charge in [0.15, 0.2) is 0 Å². The average molecular weight is 227 g/mol. The van der Waals surface area contributed by atoms with Crippen LogP contribution in [0.1, 0.15) is 40.5 Å². The van der Waals surface area contributed by atoms with E-state index in [1.807, 2.05) is 27.7 Å². The Morgan fingerprint density at radius 3 is 2.56 bits per heavy atom. The zero-order valence-corrected chi connectivity index (χ0v) is 10.5. The Labute approximate surface area is 96.6 Å². The first kappa shape index (κ1) is 11.7. The molecule has 1 heterocycles. The van der Waals surface area contributed by atoms with E-state index in [2.05, 4.69) is 0 Å². The van der Waals surface area contributed by atoms with E-state index >= 15 is 0 Å². The molecule has 0 spiro atoms. The van der Waals surface area contributed by atoms with Gasteiger partial charge in [-0.15, -0.1) is 0 Å². The van der Waals surface area contributed by atoms with Gasteiger partial charge in [-0.25, -0.2) is 4.79 Å². The highest BCUT2D eigenvalue weighted by Crippen LogP contribution is 2.44. The van der Waals surface area contributed by atoms with Crippen LogP contribution in [-0.4, -0.2) is 39.9 Å². The summed E-state index contributed by atoms with van der Waals surface area (Å²) >= 11 is 0. The number of rotatable bonds is 0. The van der Waals surface area contributed by atoms with Crippen LogP contribution in [-0.2, 0) is 4.74 Å². The largest absolute Gasteiger partial charge is 0.444 e. The lowest BCUT2D eigenvalue weighted by Gasteiger charge is -2.38. The summed E-state index contributed by atoms with van der Waals surface area (Å²) in [5.74, 6) is 0.438. The predicted molar refractivity (Wildman–Crippen MR) is 60.1 cm³/mol. The molecule has 1 saturated heterocycles. The molecule has 2 bridgehead atoms. The molecule has 16 heavy (non-hydrogen) atoms. The van der Waals surface area contributed by atoms with Gasteiger partial charge in [-0.05, 0) is 46.5 Å². The van der Waals surface area contributed by atoms with Crippen molar-refractivity contribution >= 4 is 6.09 Å².